The van der Waals surface area contributed by atoms with Crippen LogP contribution in [-0.2, 0) is 15.8 Å². The number of hydrogen-bond acceptors (Lipinski definition) is 3. The number of carbonyl (C=O) groups excluding carboxylic acids is 2. The minimum Gasteiger partial charge on any atom is -0.325 e. The Labute approximate surface area is 223 Å². The topological polar surface area (TPSA) is 52.6 Å². The molecule has 5 nitrogen and oxygen atoms in total. The molecular weight excluding hydrogens is 491 g/mol. The highest BCUT2D eigenvalue weighted by molar-refractivity contribution is 6.08. The Kier molecular flexibility index (Phi) is 7.67. The zero-order chi connectivity index (χ0) is 28.0. The summed E-state index contributed by atoms with van der Waals surface area (Å²) in [7, 11) is 1.92. The SMILES string of the molecule is Cc1cccc(C)c1N1CC(CN(C)CC(C)C)(C(=O)Nc2cc(C3CC3)cc(C(F)(F)F)c2)C(C)C1=O. The lowest BCUT2D eigenvalue weighted by atomic mass is 9.77. The van der Waals surface area contributed by atoms with Gasteiger partial charge in [-0.3, -0.25) is 9.59 Å². The maximum atomic E-state index is 14.1. The predicted molar refractivity (Wildman–Crippen MR) is 144 cm³/mol. The molecular formula is C30H38F3N3O2. The van der Waals surface area contributed by atoms with E-state index in [9.17, 15) is 22.8 Å². The smallest absolute Gasteiger partial charge is 0.325 e. The molecule has 0 spiro atoms. The molecule has 0 aromatic heterocycles. The summed E-state index contributed by atoms with van der Waals surface area (Å²) in [5, 5.41) is 2.83. The number of para-hydroxylation sites is 1. The monoisotopic (exact) mass is 529 g/mol. The van der Waals surface area contributed by atoms with E-state index >= 15 is 0 Å². The van der Waals surface area contributed by atoms with Crippen LogP contribution in [-0.4, -0.2) is 43.4 Å². The van der Waals surface area contributed by atoms with E-state index < -0.39 is 29.0 Å². The van der Waals surface area contributed by atoms with Gasteiger partial charge in [-0.25, -0.2) is 0 Å². The first-order chi connectivity index (χ1) is 17.7. The first kappa shape index (κ1) is 28.1. The Morgan fingerprint density at radius 2 is 1.79 bits per heavy atom. The van der Waals surface area contributed by atoms with E-state index in [1.807, 2.05) is 44.0 Å². The van der Waals surface area contributed by atoms with Crippen molar-refractivity contribution >= 4 is 23.2 Å². The minimum absolute atomic E-state index is 0.0885. The van der Waals surface area contributed by atoms with Gasteiger partial charge in [-0.2, -0.15) is 13.2 Å². The maximum absolute atomic E-state index is 14.1. The number of alkyl halides is 3. The first-order valence-electron chi connectivity index (χ1n) is 13.3. The summed E-state index contributed by atoms with van der Waals surface area (Å²) < 4.78 is 41.1. The number of benzene rings is 2. The van der Waals surface area contributed by atoms with Crippen molar-refractivity contribution in [3.63, 3.8) is 0 Å². The van der Waals surface area contributed by atoms with E-state index in [0.717, 1.165) is 35.7 Å². The Bertz CT molecular complexity index is 1200. The summed E-state index contributed by atoms with van der Waals surface area (Å²) in [5.41, 5.74) is 1.46. The fourth-order valence-corrected chi connectivity index (χ4v) is 5.88. The van der Waals surface area contributed by atoms with Gasteiger partial charge in [0, 0.05) is 31.0 Å². The Morgan fingerprint density at radius 3 is 2.34 bits per heavy atom. The lowest BCUT2D eigenvalue weighted by molar-refractivity contribution is -0.137. The molecule has 1 saturated heterocycles. The van der Waals surface area contributed by atoms with Crippen molar-refractivity contribution in [2.24, 2.45) is 17.3 Å². The maximum Gasteiger partial charge on any atom is 0.416 e. The number of carbonyl (C=O) groups is 2. The third-order valence-electron chi connectivity index (χ3n) is 7.89. The van der Waals surface area contributed by atoms with E-state index in [1.54, 1.807) is 17.9 Å². The molecule has 1 aliphatic carbocycles. The summed E-state index contributed by atoms with van der Waals surface area (Å²) in [6, 6.07) is 9.64. The third kappa shape index (κ3) is 5.60. The molecule has 1 saturated carbocycles. The number of halogens is 3. The molecule has 0 bridgehead atoms. The Morgan fingerprint density at radius 1 is 1.16 bits per heavy atom. The Hall–Kier alpha value is -2.87. The lowest BCUT2D eigenvalue weighted by Gasteiger charge is -2.35. The molecule has 0 radical (unpaired) electrons. The van der Waals surface area contributed by atoms with Crippen LogP contribution in [0.1, 0.15) is 61.8 Å². The second kappa shape index (κ2) is 10.4. The predicted octanol–water partition coefficient (Wildman–Crippen LogP) is 6.40. The molecule has 2 atom stereocenters. The molecule has 38 heavy (non-hydrogen) atoms. The van der Waals surface area contributed by atoms with Gasteiger partial charge in [-0.05, 0) is 80.5 Å². The molecule has 4 rings (SSSR count). The van der Waals surface area contributed by atoms with Gasteiger partial charge in [0.15, 0.2) is 0 Å². The highest BCUT2D eigenvalue weighted by atomic mass is 19.4. The number of rotatable bonds is 8. The van der Waals surface area contributed by atoms with Crippen LogP contribution in [0.5, 0.6) is 0 Å². The van der Waals surface area contributed by atoms with Gasteiger partial charge in [0.25, 0.3) is 0 Å². The van der Waals surface area contributed by atoms with E-state index in [4.69, 9.17) is 0 Å². The number of aryl methyl sites for hydroxylation is 2. The average molecular weight is 530 g/mol. The average Bonchev–Trinajstić information content (AvgIpc) is 3.62. The van der Waals surface area contributed by atoms with Gasteiger partial charge in [-0.15, -0.1) is 0 Å². The second-order valence-corrected chi connectivity index (χ2v) is 11.7. The fourth-order valence-electron chi connectivity index (χ4n) is 5.88. The Balaban J connectivity index is 1.73. The number of amides is 2. The molecule has 8 heteroatoms. The van der Waals surface area contributed by atoms with Crippen molar-refractivity contribution < 1.29 is 22.8 Å². The number of hydrogen-bond donors (Lipinski definition) is 1. The van der Waals surface area contributed by atoms with Crippen LogP contribution in [0.15, 0.2) is 36.4 Å². The molecule has 1 aliphatic heterocycles. The van der Waals surface area contributed by atoms with Crippen molar-refractivity contribution in [3.8, 4) is 0 Å². The zero-order valence-corrected chi connectivity index (χ0v) is 23.1. The number of nitrogens with one attached hydrogen (secondary N) is 1. The minimum atomic E-state index is -4.52. The largest absolute Gasteiger partial charge is 0.416 e. The van der Waals surface area contributed by atoms with Crippen LogP contribution < -0.4 is 10.2 Å². The third-order valence-corrected chi connectivity index (χ3v) is 7.89. The second-order valence-electron chi connectivity index (χ2n) is 11.7. The molecule has 206 valence electrons. The van der Waals surface area contributed by atoms with Crippen LogP contribution in [0.4, 0.5) is 24.5 Å². The number of anilines is 2. The van der Waals surface area contributed by atoms with Crippen molar-refractivity contribution in [2.75, 3.05) is 36.9 Å². The van der Waals surface area contributed by atoms with E-state index in [0.29, 0.717) is 24.6 Å². The van der Waals surface area contributed by atoms with Gasteiger partial charge in [-0.1, -0.05) is 39.0 Å². The highest BCUT2D eigenvalue weighted by Gasteiger charge is 2.56. The van der Waals surface area contributed by atoms with Gasteiger partial charge in [0.1, 0.15) is 0 Å². The first-order valence-corrected chi connectivity index (χ1v) is 13.3. The van der Waals surface area contributed by atoms with Crippen LogP contribution in [0.2, 0.25) is 0 Å². The van der Waals surface area contributed by atoms with Crippen LogP contribution in [0, 0.1) is 31.1 Å². The van der Waals surface area contributed by atoms with Crippen molar-refractivity contribution in [3.05, 3.63) is 58.7 Å². The lowest BCUT2D eigenvalue weighted by Crippen LogP contribution is -2.50. The summed E-state index contributed by atoms with van der Waals surface area (Å²) >= 11 is 0. The number of nitrogens with zero attached hydrogens (tertiary/aromatic N) is 2. The molecule has 2 aromatic rings. The quantitative estimate of drug-likeness (QED) is 0.431. The van der Waals surface area contributed by atoms with Crippen molar-refractivity contribution in [1.29, 1.82) is 0 Å². The van der Waals surface area contributed by atoms with E-state index in [1.165, 1.54) is 6.07 Å². The highest BCUT2D eigenvalue weighted by Crippen LogP contribution is 2.45. The van der Waals surface area contributed by atoms with E-state index in [2.05, 4.69) is 19.2 Å². The van der Waals surface area contributed by atoms with Crippen molar-refractivity contribution in [2.45, 2.75) is 59.6 Å². The van der Waals surface area contributed by atoms with Crippen molar-refractivity contribution in [1.82, 2.24) is 4.90 Å². The van der Waals surface area contributed by atoms with Gasteiger partial charge in [0.05, 0.1) is 16.9 Å². The molecule has 1 heterocycles. The normalized spacial score (nSPS) is 22.0. The summed E-state index contributed by atoms with van der Waals surface area (Å²) in [6.07, 6.45) is -2.83. The molecule has 2 amide bonds. The fraction of sp³-hybridized carbons (Fsp3) is 0.533. The molecule has 2 aliphatic rings. The summed E-state index contributed by atoms with van der Waals surface area (Å²) in [4.78, 5) is 31.6. The van der Waals surface area contributed by atoms with Gasteiger partial charge in [0.2, 0.25) is 11.8 Å². The van der Waals surface area contributed by atoms with Crippen LogP contribution >= 0.6 is 0 Å². The van der Waals surface area contributed by atoms with Gasteiger partial charge < -0.3 is 15.1 Å². The van der Waals surface area contributed by atoms with Crippen LogP contribution in [0.25, 0.3) is 0 Å². The summed E-state index contributed by atoms with van der Waals surface area (Å²) in [5.74, 6) is -0.816. The molecule has 2 unspecified atom stereocenters. The molecule has 2 aromatic carbocycles. The zero-order valence-electron chi connectivity index (χ0n) is 23.1. The van der Waals surface area contributed by atoms with Crippen LogP contribution in [0.3, 0.4) is 0 Å². The molecule has 1 N–H and O–H groups in total. The summed E-state index contributed by atoms with van der Waals surface area (Å²) in [6.45, 7) is 11.0. The molecule has 2 fully saturated rings. The van der Waals surface area contributed by atoms with E-state index in [-0.39, 0.29) is 24.1 Å². The standard InChI is InChI=1S/C30H38F3N3O2/c1-18(2)15-35(6)16-29(17-36(27(37)21(29)5)26-19(3)8-7-9-20(26)4)28(38)34-25-13-23(22-10-11-22)12-24(14-25)30(31,32)33/h7-9,12-14,18,21-22H,10-11,15-17H2,1-6H3,(H,34,38). The van der Waals surface area contributed by atoms with Gasteiger partial charge >= 0.3 is 6.18 Å².